The summed E-state index contributed by atoms with van der Waals surface area (Å²) in [4.78, 5) is 21.3. The van der Waals surface area contributed by atoms with E-state index in [2.05, 4.69) is 32.0 Å². The minimum Gasteiger partial charge on any atom is -0.466 e. The van der Waals surface area contributed by atoms with Gasteiger partial charge >= 0.3 is 5.97 Å². The lowest BCUT2D eigenvalue weighted by atomic mass is 9.79. The maximum atomic E-state index is 12.6. The fourth-order valence-corrected chi connectivity index (χ4v) is 3.94. The number of benzene rings is 1. The zero-order chi connectivity index (χ0) is 17.4. The number of halogens is 1. The number of fused-ring (bicyclic) bond motifs is 1. The van der Waals surface area contributed by atoms with E-state index < -0.39 is 5.41 Å². The molecule has 1 aromatic carbocycles. The van der Waals surface area contributed by atoms with Crippen LogP contribution in [0, 0.1) is 5.41 Å². The van der Waals surface area contributed by atoms with E-state index in [1.807, 2.05) is 25.1 Å². The molecule has 0 amide bonds. The minimum absolute atomic E-state index is 0.101. The second-order valence-corrected chi connectivity index (χ2v) is 7.64. The summed E-state index contributed by atoms with van der Waals surface area (Å²) >= 11 is 3.35. The number of aromatic nitrogens is 2. The van der Waals surface area contributed by atoms with Crippen LogP contribution in [0.1, 0.15) is 25.3 Å². The second kappa shape index (κ2) is 6.50. The van der Waals surface area contributed by atoms with Crippen LogP contribution in [0.25, 0.3) is 11.4 Å². The Kier molecular flexibility index (Phi) is 4.33. The Morgan fingerprint density at radius 3 is 2.72 bits per heavy atom. The van der Waals surface area contributed by atoms with Crippen LogP contribution in [-0.2, 0) is 20.7 Å². The van der Waals surface area contributed by atoms with Gasteiger partial charge in [-0.2, -0.15) is 0 Å². The van der Waals surface area contributed by atoms with Crippen LogP contribution in [-0.4, -0.2) is 34.8 Å². The van der Waals surface area contributed by atoms with Crippen LogP contribution in [0.2, 0.25) is 0 Å². The Morgan fingerprint density at radius 2 is 2.04 bits per heavy atom. The van der Waals surface area contributed by atoms with Crippen LogP contribution in [0.5, 0.6) is 0 Å². The van der Waals surface area contributed by atoms with Crippen molar-refractivity contribution >= 4 is 21.9 Å². The molecule has 2 aromatic rings. The van der Waals surface area contributed by atoms with E-state index in [0.29, 0.717) is 18.9 Å². The smallest absolute Gasteiger partial charge is 0.312 e. The van der Waals surface area contributed by atoms with E-state index >= 15 is 0 Å². The summed E-state index contributed by atoms with van der Waals surface area (Å²) in [5.74, 6) is 0.573. The van der Waals surface area contributed by atoms with E-state index in [1.54, 1.807) is 12.4 Å². The standard InChI is InChI=1S/C19H19BrN2O3/c1-2-24-18(23)19(8-15-16(9-19)25-15)7-12-4-3-5-13(6-12)17-21-10-14(20)11-22-17/h3-6,10-11,15-16H,2,7-9H2,1H3. The van der Waals surface area contributed by atoms with Crippen molar-refractivity contribution < 1.29 is 14.3 Å². The number of rotatable bonds is 5. The average molecular weight is 403 g/mol. The number of carbonyl (C=O) groups excluding carboxylic acids is 1. The molecule has 4 rings (SSSR count). The first-order chi connectivity index (χ1) is 12.1. The third-order valence-electron chi connectivity index (χ3n) is 4.93. The van der Waals surface area contributed by atoms with Crippen LogP contribution < -0.4 is 0 Å². The molecular weight excluding hydrogens is 384 g/mol. The van der Waals surface area contributed by atoms with Crippen molar-refractivity contribution in [1.29, 1.82) is 0 Å². The first-order valence-electron chi connectivity index (χ1n) is 8.49. The van der Waals surface area contributed by atoms with Crippen molar-refractivity contribution in [2.75, 3.05) is 6.61 Å². The number of ether oxygens (including phenoxy) is 2. The van der Waals surface area contributed by atoms with Gasteiger partial charge in [-0.05, 0) is 53.7 Å². The molecule has 2 atom stereocenters. The molecule has 130 valence electrons. The molecule has 25 heavy (non-hydrogen) atoms. The molecule has 2 fully saturated rings. The van der Waals surface area contributed by atoms with Crippen molar-refractivity contribution in [2.45, 2.75) is 38.4 Å². The molecule has 0 N–H and O–H groups in total. The lowest BCUT2D eigenvalue weighted by Gasteiger charge is -2.28. The summed E-state index contributed by atoms with van der Waals surface area (Å²) in [5, 5.41) is 0. The molecule has 2 aliphatic rings. The van der Waals surface area contributed by atoms with Gasteiger partial charge in [-0.15, -0.1) is 0 Å². The summed E-state index contributed by atoms with van der Waals surface area (Å²) in [7, 11) is 0. The first kappa shape index (κ1) is 16.7. The molecule has 1 saturated heterocycles. The summed E-state index contributed by atoms with van der Waals surface area (Å²) < 4.78 is 11.8. The second-order valence-electron chi connectivity index (χ2n) is 6.72. The number of carbonyl (C=O) groups is 1. The predicted molar refractivity (Wildman–Crippen MR) is 95.8 cm³/mol. The van der Waals surface area contributed by atoms with Gasteiger partial charge in [0.2, 0.25) is 0 Å². The van der Waals surface area contributed by atoms with Gasteiger partial charge in [0.05, 0.1) is 28.7 Å². The summed E-state index contributed by atoms with van der Waals surface area (Å²) in [6.45, 7) is 2.26. The third kappa shape index (κ3) is 3.33. The molecule has 1 aliphatic heterocycles. The fraction of sp³-hybridized carbons (Fsp3) is 0.421. The Balaban J connectivity index is 1.59. The Morgan fingerprint density at radius 1 is 1.32 bits per heavy atom. The van der Waals surface area contributed by atoms with E-state index in [0.717, 1.165) is 28.4 Å². The van der Waals surface area contributed by atoms with Crippen molar-refractivity contribution in [1.82, 2.24) is 9.97 Å². The van der Waals surface area contributed by atoms with E-state index in [9.17, 15) is 4.79 Å². The zero-order valence-electron chi connectivity index (χ0n) is 13.9. The maximum Gasteiger partial charge on any atom is 0.312 e. The van der Waals surface area contributed by atoms with Gasteiger partial charge < -0.3 is 9.47 Å². The SMILES string of the molecule is CCOC(=O)C1(Cc2cccc(-c3ncc(Br)cn3)c2)CC2OC2C1. The highest BCUT2D eigenvalue weighted by Gasteiger charge is 2.59. The van der Waals surface area contributed by atoms with Gasteiger partial charge in [-0.25, -0.2) is 9.97 Å². The molecule has 5 nitrogen and oxygen atoms in total. The molecule has 0 spiro atoms. The van der Waals surface area contributed by atoms with Gasteiger partial charge in [-0.1, -0.05) is 18.2 Å². The van der Waals surface area contributed by atoms with E-state index in [1.165, 1.54) is 0 Å². The predicted octanol–water partition coefficient (Wildman–Crippen LogP) is 3.56. The summed E-state index contributed by atoms with van der Waals surface area (Å²) in [5.41, 5.74) is 1.57. The number of hydrogen-bond donors (Lipinski definition) is 0. The van der Waals surface area contributed by atoms with E-state index in [-0.39, 0.29) is 18.2 Å². The molecule has 1 aliphatic carbocycles. The third-order valence-corrected chi connectivity index (χ3v) is 5.34. The maximum absolute atomic E-state index is 12.6. The summed E-state index contributed by atoms with van der Waals surface area (Å²) in [6.07, 6.45) is 6.07. The van der Waals surface area contributed by atoms with Crippen LogP contribution in [0.15, 0.2) is 41.1 Å². The quantitative estimate of drug-likeness (QED) is 0.564. The molecule has 2 heterocycles. The van der Waals surface area contributed by atoms with Crippen molar-refractivity contribution in [3.05, 3.63) is 46.7 Å². The lowest BCUT2D eigenvalue weighted by molar-refractivity contribution is -0.156. The minimum atomic E-state index is -0.469. The van der Waals surface area contributed by atoms with Gasteiger partial charge in [0, 0.05) is 18.0 Å². The molecule has 2 unspecified atom stereocenters. The van der Waals surface area contributed by atoms with E-state index in [4.69, 9.17) is 9.47 Å². The van der Waals surface area contributed by atoms with Crippen molar-refractivity contribution in [2.24, 2.45) is 5.41 Å². The monoisotopic (exact) mass is 402 g/mol. The van der Waals surface area contributed by atoms with Crippen LogP contribution >= 0.6 is 15.9 Å². The van der Waals surface area contributed by atoms with Crippen LogP contribution in [0.3, 0.4) is 0 Å². The van der Waals surface area contributed by atoms with Gasteiger partial charge in [0.1, 0.15) is 0 Å². The highest BCUT2D eigenvalue weighted by Crippen LogP contribution is 2.52. The van der Waals surface area contributed by atoms with Crippen molar-refractivity contribution in [3.8, 4) is 11.4 Å². The lowest BCUT2D eigenvalue weighted by Crippen LogP contribution is -2.34. The fourth-order valence-electron chi connectivity index (χ4n) is 3.73. The Bertz CT molecular complexity index is 784. The highest BCUT2D eigenvalue weighted by atomic mass is 79.9. The highest BCUT2D eigenvalue weighted by molar-refractivity contribution is 9.10. The Hall–Kier alpha value is -1.79. The zero-order valence-corrected chi connectivity index (χ0v) is 15.5. The van der Waals surface area contributed by atoms with Crippen molar-refractivity contribution in [3.63, 3.8) is 0 Å². The van der Waals surface area contributed by atoms with Gasteiger partial charge in [-0.3, -0.25) is 4.79 Å². The molecular formula is C19H19BrN2O3. The largest absolute Gasteiger partial charge is 0.466 e. The molecule has 1 aromatic heterocycles. The van der Waals surface area contributed by atoms with Gasteiger partial charge in [0.25, 0.3) is 0 Å². The first-order valence-corrected chi connectivity index (χ1v) is 9.28. The van der Waals surface area contributed by atoms with Gasteiger partial charge in [0.15, 0.2) is 5.82 Å². The number of epoxide rings is 1. The molecule has 0 bridgehead atoms. The van der Waals surface area contributed by atoms with Crippen LogP contribution in [0.4, 0.5) is 0 Å². The summed E-state index contributed by atoms with van der Waals surface area (Å²) in [6, 6.07) is 8.09. The molecule has 6 heteroatoms. The molecule has 0 radical (unpaired) electrons. The number of hydrogen-bond acceptors (Lipinski definition) is 5. The average Bonchev–Trinajstić information content (AvgIpc) is 3.23. The number of esters is 1. The Labute approximate surface area is 154 Å². The topological polar surface area (TPSA) is 64.6 Å². The number of nitrogens with zero attached hydrogens (tertiary/aromatic N) is 2. The normalized spacial score (nSPS) is 27.0. The molecule has 1 saturated carbocycles.